The number of aryl methyl sites for hydroxylation is 1. The Kier molecular flexibility index (Phi) is 4.17. The first kappa shape index (κ1) is 13.6. The molecule has 0 bridgehead atoms. The first-order chi connectivity index (χ1) is 7.84. The molecule has 0 saturated heterocycles. The number of hydrogen-bond acceptors (Lipinski definition) is 2. The van der Waals surface area contributed by atoms with Crippen molar-refractivity contribution in [3.8, 4) is 6.19 Å². The van der Waals surface area contributed by atoms with E-state index in [1.807, 2.05) is 7.05 Å². The molecule has 0 amide bonds. The van der Waals surface area contributed by atoms with Crippen LogP contribution in [0.2, 0.25) is 0 Å². The third-order valence-electron chi connectivity index (χ3n) is 3.10. The van der Waals surface area contributed by atoms with E-state index >= 15 is 0 Å². The summed E-state index contributed by atoms with van der Waals surface area (Å²) in [7, 11) is 1.82. The van der Waals surface area contributed by atoms with E-state index < -0.39 is 0 Å². The Morgan fingerprint density at radius 2 is 1.94 bits per heavy atom. The van der Waals surface area contributed by atoms with Gasteiger partial charge >= 0.3 is 0 Å². The zero-order chi connectivity index (χ0) is 13.1. The summed E-state index contributed by atoms with van der Waals surface area (Å²) in [5.74, 6) is 0. The molecule has 17 heavy (non-hydrogen) atoms. The Labute approximate surface area is 105 Å². The summed E-state index contributed by atoms with van der Waals surface area (Å²) in [4.78, 5) is 1.66. The van der Waals surface area contributed by atoms with Crippen LogP contribution in [0.3, 0.4) is 0 Å². The van der Waals surface area contributed by atoms with Crippen LogP contribution in [-0.4, -0.2) is 18.5 Å². The van der Waals surface area contributed by atoms with E-state index in [1.165, 1.54) is 16.7 Å². The molecule has 2 nitrogen and oxygen atoms in total. The maximum absolute atomic E-state index is 8.71. The van der Waals surface area contributed by atoms with E-state index in [0.717, 1.165) is 13.0 Å². The Balaban J connectivity index is 2.81. The lowest BCUT2D eigenvalue weighted by Gasteiger charge is -2.21. The number of likely N-dealkylation sites (N-methyl/N-ethyl adjacent to an activating group) is 1. The number of nitriles is 1. The molecule has 92 valence electrons. The first-order valence-electron chi connectivity index (χ1n) is 6.05. The van der Waals surface area contributed by atoms with Gasteiger partial charge in [0, 0.05) is 13.6 Å². The summed E-state index contributed by atoms with van der Waals surface area (Å²) in [6.07, 6.45) is 3.05. The Bertz CT molecular complexity index is 422. The Morgan fingerprint density at radius 3 is 2.41 bits per heavy atom. The van der Waals surface area contributed by atoms with Gasteiger partial charge < -0.3 is 4.90 Å². The Hall–Kier alpha value is -1.49. The maximum atomic E-state index is 8.71. The van der Waals surface area contributed by atoms with Crippen molar-refractivity contribution in [2.45, 2.75) is 39.5 Å². The molecule has 2 heteroatoms. The molecule has 1 aromatic rings. The minimum Gasteiger partial charge on any atom is -0.313 e. The Morgan fingerprint density at radius 1 is 1.29 bits per heavy atom. The lowest BCUT2D eigenvalue weighted by Crippen LogP contribution is -2.16. The second-order valence-corrected chi connectivity index (χ2v) is 5.66. The van der Waals surface area contributed by atoms with E-state index in [-0.39, 0.29) is 5.41 Å². The summed E-state index contributed by atoms with van der Waals surface area (Å²) in [6.45, 7) is 9.61. The predicted molar refractivity (Wildman–Crippen MR) is 71.8 cm³/mol. The van der Waals surface area contributed by atoms with Crippen LogP contribution in [0.15, 0.2) is 18.2 Å². The third-order valence-corrected chi connectivity index (χ3v) is 3.10. The van der Waals surface area contributed by atoms with Crippen molar-refractivity contribution in [2.75, 3.05) is 13.6 Å². The summed E-state index contributed by atoms with van der Waals surface area (Å²) < 4.78 is 0. The molecule has 0 heterocycles. The zero-order valence-corrected chi connectivity index (χ0v) is 11.5. The van der Waals surface area contributed by atoms with Gasteiger partial charge in [-0.2, -0.15) is 5.26 Å². The van der Waals surface area contributed by atoms with Crippen molar-refractivity contribution in [3.63, 3.8) is 0 Å². The second-order valence-electron chi connectivity index (χ2n) is 5.66. The molecule has 0 aromatic heterocycles. The fourth-order valence-electron chi connectivity index (χ4n) is 1.78. The van der Waals surface area contributed by atoms with Gasteiger partial charge in [0.15, 0.2) is 6.19 Å². The standard InChI is InChI=1S/C15H22N2/c1-12-10-14(15(2,3)4)7-6-13(12)8-9-17(5)11-16/h6-7,10H,8-9H2,1-5H3. The van der Waals surface area contributed by atoms with Gasteiger partial charge in [0.25, 0.3) is 0 Å². The van der Waals surface area contributed by atoms with E-state index in [9.17, 15) is 0 Å². The lowest BCUT2D eigenvalue weighted by atomic mass is 9.85. The minimum atomic E-state index is 0.201. The molecule has 0 N–H and O–H groups in total. The number of hydrogen-bond donors (Lipinski definition) is 0. The highest BCUT2D eigenvalue weighted by Gasteiger charge is 2.14. The summed E-state index contributed by atoms with van der Waals surface area (Å²) in [5, 5.41) is 8.71. The predicted octanol–water partition coefficient (Wildman–Crippen LogP) is 3.25. The minimum absolute atomic E-state index is 0.201. The van der Waals surface area contributed by atoms with E-state index in [0.29, 0.717) is 0 Å². The summed E-state index contributed by atoms with van der Waals surface area (Å²) in [5.41, 5.74) is 4.23. The quantitative estimate of drug-likeness (QED) is 0.588. The van der Waals surface area contributed by atoms with Gasteiger partial charge in [0.1, 0.15) is 0 Å². The van der Waals surface area contributed by atoms with Crippen LogP contribution in [0.4, 0.5) is 0 Å². The van der Waals surface area contributed by atoms with Gasteiger partial charge in [-0.1, -0.05) is 39.0 Å². The highest BCUT2D eigenvalue weighted by molar-refractivity contribution is 5.34. The first-order valence-corrected chi connectivity index (χ1v) is 6.05. The monoisotopic (exact) mass is 230 g/mol. The number of rotatable bonds is 3. The van der Waals surface area contributed by atoms with Crippen molar-refractivity contribution in [3.05, 3.63) is 34.9 Å². The molecule has 0 aliphatic carbocycles. The van der Waals surface area contributed by atoms with E-state index in [4.69, 9.17) is 5.26 Å². The summed E-state index contributed by atoms with van der Waals surface area (Å²) in [6, 6.07) is 6.66. The van der Waals surface area contributed by atoms with E-state index in [2.05, 4.69) is 52.1 Å². The molecule has 1 rings (SSSR count). The van der Waals surface area contributed by atoms with Crippen molar-refractivity contribution in [1.82, 2.24) is 4.90 Å². The van der Waals surface area contributed by atoms with Crippen LogP contribution < -0.4 is 0 Å². The van der Waals surface area contributed by atoms with E-state index in [1.54, 1.807) is 4.90 Å². The molecular weight excluding hydrogens is 208 g/mol. The molecule has 0 unspecified atom stereocenters. The van der Waals surface area contributed by atoms with Crippen LogP contribution in [0.25, 0.3) is 0 Å². The molecular formula is C15H22N2. The fourth-order valence-corrected chi connectivity index (χ4v) is 1.78. The average Bonchev–Trinajstić information content (AvgIpc) is 2.25. The number of benzene rings is 1. The zero-order valence-electron chi connectivity index (χ0n) is 11.5. The maximum Gasteiger partial charge on any atom is 0.179 e. The largest absolute Gasteiger partial charge is 0.313 e. The van der Waals surface area contributed by atoms with Crippen LogP contribution in [0.1, 0.15) is 37.5 Å². The lowest BCUT2D eigenvalue weighted by molar-refractivity contribution is 0.478. The van der Waals surface area contributed by atoms with Gasteiger partial charge in [-0.05, 0) is 35.4 Å². The highest BCUT2D eigenvalue weighted by atomic mass is 15.1. The van der Waals surface area contributed by atoms with Crippen LogP contribution in [0.5, 0.6) is 0 Å². The molecule has 0 aliphatic rings. The topological polar surface area (TPSA) is 27.0 Å². The highest BCUT2D eigenvalue weighted by Crippen LogP contribution is 2.24. The summed E-state index contributed by atoms with van der Waals surface area (Å²) >= 11 is 0. The molecule has 0 spiro atoms. The van der Waals surface area contributed by atoms with Crippen molar-refractivity contribution >= 4 is 0 Å². The third kappa shape index (κ3) is 3.78. The van der Waals surface area contributed by atoms with Crippen LogP contribution >= 0.6 is 0 Å². The van der Waals surface area contributed by atoms with Crippen molar-refractivity contribution in [2.24, 2.45) is 0 Å². The molecule has 0 fully saturated rings. The smallest absolute Gasteiger partial charge is 0.179 e. The average molecular weight is 230 g/mol. The van der Waals surface area contributed by atoms with Gasteiger partial charge in [-0.3, -0.25) is 0 Å². The van der Waals surface area contributed by atoms with Gasteiger partial charge in [-0.15, -0.1) is 0 Å². The molecule has 0 saturated carbocycles. The van der Waals surface area contributed by atoms with Crippen LogP contribution in [0, 0.1) is 18.4 Å². The van der Waals surface area contributed by atoms with Gasteiger partial charge in [0.2, 0.25) is 0 Å². The molecule has 0 atom stereocenters. The van der Waals surface area contributed by atoms with Gasteiger partial charge in [-0.25, -0.2) is 0 Å². The van der Waals surface area contributed by atoms with Crippen LogP contribution in [-0.2, 0) is 11.8 Å². The molecule has 0 radical (unpaired) electrons. The second kappa shape index (κ2) is 5.23. The normalized spacial score (nSPS) is 11.1. The van der Waals surface area contributed by atoms with Crippen molar-refractivity contribution in [1.29, 1.82) is 5.26 Å². The molecule has 0 aliphatic heterocycles. The van der Waals surface area contributed by atoms with Gasteiger partial charge in [0.05, 0.1) is 0 Å². The fraction of sp³-hybridized carbons (Fsp3) is 0.533. The molecule has 1 aromatic carbocycles. The SMILES string of the molecule is Cc1cc(C(C)(C)C)ccc1CCN(C)C#N. The van der Waals surface area contributed by atoms with Crippen molar-refractivity contribution < 1.29 is 0 Å². The number of nitrogens with zero attached hydrogens (tertiary/aromatic N) is 2.